The number of carbonyl (C=O) groups is 2. The third kappa shape index (κ3) is 5.42. The lowest BCUT2D eigenvalue weighted by atomic mass is 9.84. The summed E-state index contributed by atoms with van der Waals surface area (Å²) >= 11 is 0. The van der Waals surface area contributed by atoms with Gasteiger partial charge in [0, 0.05) is 43.0 Å². The maximum Gasteiger partial charge on any atom is 0.224 e. The zero-order valence-corrected chi connectivity index (χ0v) is 17.7. The normalized spacial score (nSPS) is 17.6. The first-order chi connectivity index (χ1) is 15.9. The average molecular weight is 453 g/mol. The largest absolute Gasteiger partial charge is 0.489 e. The van der Waals surface area contributed by atoms with Crippen molar-refractivity contribution in [1.29, 1.82) is 0 Å². The SMILES string of the molecule is O=C(Cc1ccc(F)cc1)C[C@@H]1C(=O)NCC1c1c(F)cc(OCc2ccccc2)cc1F. The first kappa shape index (κ1) is 22.6. The molecule has 1 amide bonds. The highest BCUT2D eigenvalue weighted by molar-refractivity contribution is 5.90. The van der Waals surface area contributed by atoms with Crippen molar-refractivity contribution >= 4 is 11.7 Å². The van der Waals surface area contributed by atoms with Crippen LogP contribution in [0.2, 0.25) is 0 Å². The minimum Gasteiger partial charge on any atom is -0.489 e. The Hall–Kier alpha value is -3.61. The maximum absolute atomic E-state index is 14.9. The Morgan fingerprint density at radius 3 is 2.27 bits per heavy atom. The van der Waals surface area contributed by atoms with Crippen molar-refractivity contribution in [2.75, 3.05) is 6.54 Å². The molecule has 1 saturated heterocycles. The van der Waals surface area contributed by atoms with Crippen molar-refractivity contribution in [3.8, 4) is 5.75 Å². The van der Waals surface area contributed by atoms with Gasteiger partial charge < -0.3 is 10.1 Å². The standard InChI is InChI=1S/C26H22F3NO3/c27-18-8-6-16(7-9-18)10-19(31)11-21-22(14-30-26(21)32)25-23(28)12-20(13-24(25)29)33-15-17-4-2-1-3-5-17/h1-9,12-13,21-22H,10-11,14-15H2,(H,30,32)/t21-,22?/m0/s1. The average Bonchev–Trinajstić information content (AvgIpc) is 3.14. The summed E-state index contributed by atoms with van der Waals surface area (Å²) in [7, 11) is 0. The van der Waals surface area contributed by atoms with Crippen LogP contribution in [0.25, 0.3) is 0 Å². The smallest absolute Gasteiger partial charge is 0.224 e. The first-order valence-electron chi connectivity index (χ1n) is 10.6. The van der Waals surface area contributed by atoms with E-state index in [1.54, 1.807) is 0 Å². The van der Waals surface area contributed by atoms with Crippen LogP contribution in [0.1, 0.15) is 29.0 Å². The molecule has 4 nitrogen and oxygen atoms in total. The van der Waals surface area contributed by atoms with Crippen molar-refractivity contribution in [2.24, 2.45) is 5.92 Å². The fourth-order valence-corrected chi connectivity index (χ4v) is 4.09. The number of ketones is 1. The van der Waals surface area contributed by atoms with E-state index in [2.05, 4.69) is 5.32 Å². The number of halogens is 3. The van der Waals surface area contributed by atoms with Crippen LogP contribution in [-0.4, -0.2) is 18.2 Å². The van der Waals surface area contributed by atoms with Crippen molar-refractivity contribution in [2.45, 2.75) is 25.4 Å². The van der Waals surface area contributed by atoms with Gasteiger partial charge in [0.05, 0.1) is 5.92 Å². The van der Waals surface area contributed by atoms with Gasteiger partial charge in [-0.1, -0.05) is 42.5 Å². The van der Waals surface area contributed by atoms with Gasteiger partial charge in [0.25, 0.3) is 0 Å². The fraction of sp³-hybridized carbons (Fsp3) is 0.231. The summed E-state index contributed by atoms with van der Waals surface area (Å²) in [5, 5.41) is 2.61. The van der Waals surface area contributed by atoms with E-state index in [0.29, 0.717) is 5.56 Å². The molecule has 0 radical (unpaired) electrons. The summed E-state index contributed by atoms with van der Waals surface area (Å²) < 4.78 is 48.4. The minimum atomic E-state index is -0.891. The molecular formula is C26H22F3NO3. The second kappa shape index (κ2) is 9.90. The molecule has 3 aromatic rings. The highest BCUT2D eigenvalue weighted by Crippen LogP contribution is 2.36. The van der Waals surface area contributed by atoms with E-state index in [0.717, 1.165) is 17.7 Å². The van der Waals surface area contributed by atoms with Crippen LogP contribution in [0.5, 0.6) is 5.75 Å². The van der Waals surface area contributed by atoms with Crippen LogP contribution in [0.3, 0.4) is 0 Å². The molecule has 1 heterocycles. The van der Waals surface area contributed by atoms with Gasteiger partial charge in [0.15, 0.2) is 0 Å². The lowest BCUT2D eigenvalue weighted by Gasteiger charge is -2.19. The molecule has 0 aliphatic carbocycles. The predicted molar refractivity (Wildman–Crippen MR) is 116 cm³/mol. The van der Waals surface area contributed by atoms with Gasteiger partial charge in [0.1, 0.15) is 35.6 Å². The minimum absolute atomic E-state index is 0.00794. The van der Waals surface area contributed by atoms with Gasteiger partial charge in [-0.3, -0.25) is 9.59 Å². The number of hydrogen-bond acceptors (Lipinski definition) is 3. The summed E-state index contributed by atoms with van der Waals surface area (Å²) in [6.07, 6.45) is -0.160. The number of rotatable bonds is 8. The topological polar surface area (TPSA) is 55.4 Å². The summed E-state index contributed by atoms with van der Waals surface area (Å²) in [6.45, 7) is 0.189. The molecule has 170 valence electrons. The molecular weight excluding hydrogens is 431 g/mol. The number of ether oxygens (including phenoxy) is 1. The number of hydrogen-bond donors (Lipinski definition) is 1. The third-order valence-corrected chi connectivity index (χ3v) is 5.75. The summed E-state index contributed by atoms with van der Waals surface area (Å²) in [5.74, 6) is -4.42. The van der Waals surface area contributed by atoms with Gasteiger partial charge in [-0.2, -0.15) is 0 Å². The number of benzene rings is 3. The molecule has 33 heavy (non-hydrogen) atoms. The van der Waals surface area contributed by atoms with E-state index in [1.165, 1.54) is 24.3 Å². The van der Waals surface area contributed by atoms with Gasteiger partial charge in [0.2, 0.25) is 5.91 Å². The Morgan fingerprint density at radius 2 is 1.61 bits per heavy atom. The Bertz CT molecular complexity index is 1130. The Morgan fingerprint density at radius 1 is 0.939 bits per heavy atom. The van der Waals surface area contributed by atoms with E-state index in [1.807, 2.05) is 30.3 Å². The molecule has 1 fully saturated rings. The predicted octanol–water partition coefficient (Wildman–Crippen LogP) is 4.71. The Kier molecular flexibility index (Phi) is 6.77. The molecule has 1 aliphatic rings. The lowest BCUT2D eigenvalue weighted by Crippen LogP contribution is -2.23. The van der Waals surface area contributed by atoms with Crippen molar-refractivity contribution < 1.29 is 27.5 Å². The molecule has 0 bridgehead atoms. The molecule has 7 heteroatoms. The monoisotopic (exact) mass is 453 g/mol. The van der Waals surface area contributed by atoms with Crippen LogP contribution in [-0.2, 0) is 22.6 Å². The third-order valence-electron chi connectivity index (χ3n) is 5.75. The van der Waals surface area contributed by atoms with E-state index in [-0.39, 0.29) is 43.1 Å². The van der Waals surface area contributed by atoms with Gasteiger partial charge in [-0.15, -0.1) is 0 Å². The summed E-state index contributed by atoms with van der Waals surface area (Å²) in [6, 6.07) is 16.9. The molecule has 4 rings (SSSR count). The van der Waals surface area contributed by atoms with Crippen molar-refractivity contribution in [1.82, 2.24) is 5.32 Å². The van der Waals surface area contributed by atoms with Crippen LogP contribution in [0.4, 0.5) is 13.2 Å². The fourth-order valence-electron chi connectivity index (χ4n) is 4.09. The van der Waals surface area contributed by atoms with E-state index in [9.17, 15) is 22.8 Å². The van der Waals surface area contributed by atoms with Crippen LogP contribution >= 0.6 is 0 Å². The molecule has 1 aliphatic heterocycles. The van der Waals surface area contributed by atoms with Gasteiger partial charge >= 0.3 is 0 Å². The van der Waals surface area contributed by atoms with E-state index < -0.39 is 35.2 Å². The second-order valence-corrected chi connectivity index (χ2v) is 8.08. The molecule has 1 N–H and O–H groups in total. The summed E-state index contributed by atoms with van der Waals surface area (Å²) in [4.78, 5) is 24.9. The van der Waals surface area contributed by atoms with Crippen molar-refractivity contribution in [3.05, 3.63) is 101 Å². The van der Waals surface area contributed by atoms with E-state index in [4.69, 9.17) is 4.74 Å². The van der Waals surface area contributed by atoms with Crippen LogP contribution < -0.4 is 10.1 Å². The maximum atomic E-state index is 14.9. The highest BCUT2D eigenvalue weighted by atomic mass is 19.1. The second-order valence-electron chi connectivity index (χ2n) is 8.08. The zero-order chi connectivity index (χ0) is 23.4. The molecule has 0 aromatic heterocycles. The van der Waals surface area contributed by atoms with Gasteiger partial charge in [-0.05, 0) is 23.3 Å². The first-order valence-corrected chi connectivity index (χ1v) is 10.6. The Balaban J connectivity index is 1.47. The number of amides is 1. The van der Waals surface area contributed by atoms with Crippen LogP contribution in [0, 0.1) is 23.4 Å². The zero-order valence-electron chi connectivity index (χ0n) is 17.7. The number of carbonyl (C=O) groups excluding carboxylic acids is 2. The van der Waals surface area contributed by atoms with Crippen molar-refractivity contribution in [3.63, 3.8) is 0 Å². The molecule has 0 spiro atoms. The number of nitrogens with one attached hydrogen (secondary N) is 1. The van der Waals surface area contributed by atoms with Crippen LogP contribution in [0.15, 0.2) is 66.7 Å². The highest BCUT2D eigenvalue weighted by Gasteiger charge is 2.39. The Labute approximate surface area is 189 Å². The number of Topliss-reactive ketones (excluding diaryl/α,β-unsaturated/α-hetero) is 1. The molecule has 3 aromatic carbocycles. The van der Waals surface area contributed by atoms with E-state index >= 15 is 0 Å². The quantitative estimate of drug-likeness (QED) is 0.537. The molecule has 1 unspecified atom stereocenters. The summed E-state index contributed by atoms with van der Waals surface area (Å²) in [5.41, 5.74) is 1.22. The molecule has 2 atom stereocenters. The molecule has 0 saturated carbocycles. The van der Waals surface area contributed by atoms with Gasteiger partial charge in [-0.25, -0.2) is 13.2 Å². The lowest BCUT2D eigenvalue weighted by molar-refractivity contribution is -0.127.